The van der Waals surface area contributed by atoms with Crippen LogP contribution in [0.4, 0.5) is 0 Å². The standard InChI is InChI=1S/C16H19N3O4S/c1-19-11-13(10-14(19)16(17)21)24(22,23)18-15(20)9-5-8-12-6-3-2-4-7-12/h2-4,6-7,10-11H,5,8-9H2,1H3,(H2,17,21)(H,18,20). The molecule has 2 amide bonds. The maximum Gasteiger partial charge on any atom is 0.265 e. The van der Waals surface area contributed by atoms with Gasteiger partial charge in [-0.05, 0) is 24.5 Å². The highest BCUT2D eigenvalue weighted by Gasteiger charge is 2.21. The van der Waals surface area contributed by atoms with Crippen LogP contribution < -0.4 is 10.5 Å². The van der Waals surface area contributed by atoms with Crippen LogP contribution in [-0.2, 0) is 28.3 Å². The maximum atomic E-state index is 12.2. The molecule has 7 nitrogen and oxygen atoms in total. The SMILES string of the molecule is Cn1cc(S(=O)(=O)NC(=O)CCCc2ccccc2)cc1C(N)=O. The Labute approximate surface area is 140 Å². The molecule has 0 saturated heterocycles. The molecule has 0 unspecified atom stereocenters. The molecule has 0 bridgehead atoms. The van der Waals surface area contributed by atoms with Crippen LogP contribution in [0, 0.1) is 0 Å². The Balaban J connectivity index is 1.95. The Morgan fingerprint density at radius 1 is 1.21 bits per heavy atom. The normalized spacial score (nSPS) is 11.2. The van der Waals surface area contributed by atoms with Gasteiger partial charge in [0.1, 0.15) is 10.6 Å². The van der Waals surface area contributed by atoms with Gasteiger partial charge in [0.25, 0.3) is 15.9 Å². The third-order valence-electron chi connectivity index (χ3n) is 3.50. The van der Waals surface area contributed by atoms with Gasteiger partial charge in [-0.25, -0.2) is 13.1 Å². The van der Waals surface area contributed by atoms with E-state index in [1.54, 1.807) is 0 Å². The van der Waals surface area contributed by atoms with Gasteiger partial charge in [0.05, 0.1) is 0 Å². The Hall–Kier alpha value is -2.61. The summed E-state index contributed by atoms with van der Waals surface area (Å²) >= 11 is 0. The number of carbonyl (C=O) groups is 2. The van der Waals surface area contributed by atoms with Crippen LogP contribution in [0.2, 0.25) is 0 Å². The van der Waals surface area contributed by atoms with Crippen molar-refractivity contribution in [1.82, 2.24) is 9.29 Å². The first kappa shape index (κ1) is 17.7. The molecule has 1 heterocycles. The molecule has 0 radical (unpaired) electrons. The number of nitrogens with two attached hydrogens (primary N) is 1. The Kier molecular flexibility index (Phi) is 5.40. The number of carbonyl (C=O) groups excluding carboxylic acids is 2. The van der Waals surface area contributed by atoms with Gasteiger partial charge in [0, 0.05) is 19.7 Å². The number of benzene rings is 1. The van der Waals surface area contributed by atoms with Gasteiger partial charge in [-0.3, -0.25) is 9.59 Å². The molecule has 1 aromatic heterocycles. The number of rotatable bonds is 7. The third kappa shape index (κ3) is 4.45. The Morgan fingerprint density at radius 2 is 1.88 bits per heavy atom. The van der Waals surface area contributed by atoms with Crippen molar-refractivity contribution in [3.8, 4) is 0 Å². The number of nitrogens with one attached hydrogen (secondary N) is 1. The van der Waals surface area contributed by atoms with Gasteiger partial charge in [0.2, 0.25) is 5.91 Å². The zero-order valence-corrected chi connectivity index (χ0v) is 14.0. The zero-order valence-electron chi connectivity index (χ0n) is 13.2. The minimum Gasteiger partial charge on any atom is -0.364 e. The van der Waals surface area contributed by atoms with E-state index in [2.05, 4.69) is 0 Å². The first-order valence-corrected chi connectivity index (χ1v) is 8.83. The first-order chi connectivity index (χ1) is 11.3. The molecule has 0 aliphatic rings. The number of amides is 2. The predicted octanol–water partition coefficient (Wildman–Crippen LogP) is 0.952. The second-order valence-electron chi connectivity index (χ2n) is 5.40. The molecule has 0 fully saturated rings. The number of hydrogen-bond acceptors (Lipinski definition) is 4. The monoisotopic (exact) mass is 349 g/mol. The quantitative estimate of drug-likeness (QED) is 0.775. The fraction of sp³-hybridized carbons (Fsp3) is 0.250. The van der Waals surface area contributed by atoms with Gasteiger partial charge in [-0.1, -0.05) is 30.3 Å². The minimum absolute atomic E-state index is 0.0481. The molecule has 0 saturated carbocycles. The van der Waals surface area contributed by atoms with Crippen LogP contribution in [0.1, 0.15) is 28.9 Å². The second kappa shape index (κ2) is 7.31. The van der Waals surface area contributed by atoms with Crippen molar-refractivity contribution in [3.63, 3.8) is 0 Å². The largest absolute Gasteiger partial charge is 0.364 e. The van der Waals surface area contributed by atoms with Crippen molar-refractivity contribution in [2.45, 2.75) is 24.2 Å². The number of primary amides is 1. The van der Waals surface area contributed by atoms with E-state index in [1.165, 1.54) is 17.8 Å². The fourth-order valence-corrected chi connectivity index (χ4v) is 3.37. The molecule has 2 rings (SSSR count). The van der Waals surface area contributed by atoms with E-state index in [4.69, 9.17) is 5.73 Å². The lowest BCUT2D eigenvalue weighted by Crippen LogP contribution is -2.30. The summed E-state index contributed by atoms with van der Waals surface area (Å²) < 4.78 is 27.6. The first-order valence-electron chi connectivity index (χ1n) is 7.35. The number of sulfonamides is 1. The van der Waals surface area contributed by atoms with Crippen molar-refractivity contribution in [3.05, 3.63) is 53.9 Å². The molecule has 3 N–H and O–H groups in total. The topological polar surface area (TPSA) is 111 Å². The van der Waals surface area contributed by atoms with Crippen LogP contribution in [0.3, 0.4) is 0 Å². The van der Waals surface area contributed by atoms with Crippen molar-refractivity contribution < 1.29 is 18.0 Å². The van der Waals surface area contributed by atoms with E-state index in [0.717, 1.165) is 11.6 Å². The molecule has 0 aliphatic carbocycles. The molecule has 8 heteroatoms. The van der Waals surface area contributed by atoms with Crippen LogP contribution in [0.5, 0.6) is 0 Å². The van der Waals surface area contributed by atoms with E-state index in [9.17, 15) is 18.0 Å². The summed E-state index contributed by atoms with van der Waals surface area (Å²) in [7, 11) is -2.52. The van der Waals surface area contributed by atoms with Gasteiger partial charge in [-0.15, -0.1) is 0 Å². The number of nitrogens with zero attached hydrogens (tertiary/aromatic N) is 1. The van der Waals surface area contributed by atoms with Crippen LogP contribution in [0.15, 0.2) is 47.5 Å². The predicted molar refractivity (Wildman–Crippen MR) is 88.6 cm³/mol. The lowest BCUT2D eigenvalue weighted by Gasteiger charge is -2.05. The molecule has 2 aromatic rings. The van der Waals surface area contributed by atoms with Crippen LogP contribution >= 0.6 is 0 Å². The molecule has 0 spiro atoms. The highest BCUT2D eigenvalue weighted by molar-refractivity contribution is 7.90. The highest BCUT2D eigenvalue weighted by atomic mass is 32.2. The maximum absolute atomic E-state index is 12.2. The molecular formula is C16H19N3O4S. The van der Waals surface area contributed by atoms with Crippen LogP contribution in [-0.4, -0.2) is 24.8 Å². The third-order valence-corrected chi connectivity index (χ3v) is 4.84. The van der Waals surface area contributed by atoms with E-state index >= 15 is 0 Å². The number of hydrogen-bond donors (Lipinski definition) is 2. The zero-order chi connectivity index (χ0) is 17.7. The summed E-state index contributed by atoms with van der Waals surface area (Å²) in [5.74, 6) is -1.33. The van der Waals surface area contributed by atoms with E-state index in [0.29, 0.717) is 12.8 Å². The van der Waals surface area contributed by atoms with Gasteiger partial charge in [-0.2, -0.15) is 0 Å². The lowest BCUT2D eigenvalue weighted by atomic mass is 10.1. The van der Waals surface area contributed by atoms with Gasteiger partial charge < -0.3 is 10.3 Å². The summed E-state index contributed by atoms with van der Waals surface area (Å²) in [5.41, 5.74) is 6.29. The average molecular weight is 349 g/mol. The van der Waals surface area contributed by atoms with Crippen molar-refractivity contribution in [2.75, 3.05) is 0 Å². The van der Waals surface area contributed by atoms with Gasteiger partial charge >= 0.3 is 0 Å². The van der Waals surface area contributed by atoms with E-state index in [1.807, 2.05) is 35.1 Å². The summed E-state index contributed by atoms with van der Waals surface area (Å²) in [6, 6.07) is 10.8. The van der Waals surface area contributed by atoms with Crippen molar-refractivity contribution in [1.29, 1.82) is 0 Å². The Morgan fingerprint density at radius 3 is 2.46 bits per heavy atom. The smallest absolute Gasteiger partial charge is 0.265 e. The lowest BCUT2D eigenvalue weighted by molar-refractivity contribution is -0.119. The molecule has 128 valence electrons. The average Bonchev–Trinajstić information content (AvgIpc) is 2.91. The molecule has 0 atom stereocenters. The van der Waals surface area contributed by atoms with E-state index < -0.39 is 21.8 Å². The molecule has 1 aromatic carbocycles. The van der Waals surface area contributed by atoms with Gasteiger partial charge in [0.15, 0.2) is 0 Å². The Bertz CT molecular complexity index is 841. The summed E-state index contributed by atoms with van der Waals surface area (Å²) in [6.07, 6.45) is 2.54. The van der Waals surface area contributed by atoms with Crippen LogP contribution in [0.25, 0.3) is 0 Å². The molecular weight excluding hydrogens is 330 g/mol. The fourth-order valence-electron chi connectivity index (χ4n) is 2.28. The minimum atomic E-state index is -4.02. The van der Waals surface area contributed by atoms with E-state index in [-0.39, 0.29) is 17.0 Å². The second-order valence-corrected chi connectivity index (χ2v) is 7.09. The number of aromatic nitrogens is 1. The summed E-state index contributed by atoms with van der Waals surface area (Å²) in [6.45, 7) is 0. The summed E-state index contributed by atoms with van der Waals surface area (Å²) in [5, 5.41) is 0. The number of aryl methyl sites for hydroxylation is 2. The molecule has 0 aliphatic heterocycles. The van der Waals surface area contributed by atoms with Crippen molar-refractivity contribution in [2.24, 2.45) is 12.8 Å². The highest BCUT2D eigenvalue weighted by Crippen LogP contribution is 2.13. The molecule has 24 heavy (non-hydrogen) atoms. The summed E-state index contributed by atoms with van der Waals surface area (Å²) in [4.78, 5) is 22.9. The van der Waals surface area contributed by atoms with Crippen molar-refractivity contribution >= 4 is 21.8 Å².